The molecule has 1 saturated heterocycles. The van der Waals surface area contributed by atoms with Crippen LogP contribution in [0.15, 0.2) is 18.6 Å². The van der Waals surface area contributed by atoms with Gasteiger partial charge in [-0.2, -0.15) is 0 Å². The summed E-state index contributed by atoms with van der Waals surface area (Å²) in [6.07, 6.45) is 7.76. The van der Waals surface area contributed by atoms with Crippen LogP contribution < -0.4 is 5.73 Å². The predicted molar refractivity (Wildman–Crippen MR) is 64.4 cm³/mol. The molecule has 1 aromatic rings. The zero-order valence-corrected chi connectivity index (χ0v) is 10.0. The highest BCUT2D eigenvalue weighted by Gasteiger charge is 2.30. The smallest absolute Gasteiger partial charge is 0.274 e. The van der Waals surface area contributed by atoms with Gasteiger partial charge >= 0.3 is 0 Å². The van der Waals surface area contributed by atoms with Crippen molar-refractivity contribution in [2.24, 2.45) is 5.73 Å². The number of piperidine rings is 1. The van der Waals surface area contributed by atoms with Crippen molar-refractivity contribution in [2.45, 2.75) is 38.3 Å². The van der Waals surface area contributed by atoms with E-state index in [9.17, 15) is 4.79 Å². The van der Waals surface area contributed by atoms with Crippen molar-refractivity contribution in [2.75, 3.05) is 6.54 Å². The van der Waals surface area contributed by atoms with Gasteiger partial charge in [-0.05, 0) is 26.2 Å². The van der Waals surface area contributed by atoms with Gasteiger partial charge in [0.15, 0.2) is 0 Å². The Kier molecular flexibility index (Phi) is 3.68. The summed E-state index contributed by atoms with van der Waals surface area (Å²) in [6.45, 7) is 2.72. The van der Waals surface area contributed by atoms with Crippen molar-refractivity contribution < 1.29 is 4.79 Å². The summed E-state index contributed by atoms with van der Waals surface area (Å²) in [7, 11) is 0. The van der Waals surface area contributed by atoms with Gasteiger partial charge in [-0.1, -0.05) is 0 Å². The van der Waals surface area contributed by atoms with Crippen LogP contribution in [0.1, 0.15) is 36.7 Å². The van der Waals surface area contributed by atoms with Gasteiger partial charge in [-0.15, -0.1) is 0 Å². The van der Waals surface area contributed by atoms with Crippen molar-refractivity contribution in [3.05, 3.63) is 24.3 Å². The molecular weight excluding hydrogens is 216 g/mol. The molecule has 0 aromatic carbocycles. The Balaban J connectivity index is 2.17. The van der Waals surface area contributed by atoms with Crippen LogP contribution in [0.4, 0.5) is 0 Å². The minimum atomic E-state index is -0.0555. The van der Waals surface area contributed by atoms with Crippen LogP contribution in [-0.2, 0) is 0 Å². The Labute approximate surface area is 101 Å². The Bertz CT molecular complexity index is 379. The third kappa shape index (κ3) is 2.61. The zero-order chi connectivity index (χ0) is 12.3. The molecule has 1 fully saturated rings. The molecular formula is C12H18N4O. The van der Waals surface area contributed by atoms with Gasteiger partial charge in [-0.3, -0.25) is 9.78 Å². The van der Waals surface area contributed by atoms with E-state index in [1.165, 1.54) is 12.4 Å². The predicted octanol–water partition coefficient (Wildman–Crippen LogP) is 0.818. The fraction of sp³-hybridized carbons (Fsp3) is 0.583. The summed E-state index contributed by atoms with van der Waals surface area (Å²) in [5.74, 6) is -0.0555. The summed E-state index contributed by atoms with van der Waals surface area (Å²) in [5.41, 5.74) is 6.35. The monoisotopic (exact) mass is 234 g/mol. The van der Waals surface area contributed by atoms with Gasteiger partial charge in [0.2, 0.25) is 0 Å². The van der Waals surface area contributed by atoms with Gasteiger partial charge in [0.25, 0.3) is 5.91 Å². The first-order valence-electron chi connectivity index (χ1n) is 6.02. The van der Waals surface area contributed by atoms with Crippen LogP contribution in [0.3, 0.4) is 0 Å². The van der Waals surface area contributed by atoms with Gasteiger partial charge in [0.1, 0.15) is 5.69 Å². The van der Waals surface area contributed by atoms with Crippen LogP contribution in [0.5, 0.6) is 0 Å². The summed E-state index contributed by atoms with van der Waals surface area (Å²) in [6, 6.07) is 0.120. The normalized spacial score (nSPS) is 22.2. The molecule has 17 heavy (non-hydrogen) atoms. The number of aromatic nitrogens is 2. The fourth-order valence-corrected chi connectivity index (χ4v) is 2.31. The molecule has 0 spiro atoms. The molecule has 92 valence electrons. The zero-order valence-electron chi connectivity index (χ0n) is 10.0. The Morgan fingerprint density at radius 1 is 1.53 bits per heavy atom. The Hall–Kier alpha value is -1.49. The molecule has 0 aliphatic carbocycles. The molecule has 2 N–H and O–H groups in total. The molecule has 2 heterocycles. The van der Waals surface area contributed by atoms with E-state index in [4.69, 9.17) is 5.73 Å². The van der Waals surface area contributed by atoms with E-state index in [1.807, 2.05) is 11.8 Å². The first-order valence-corrected chi connectivity index (χ1v) is 6.02. The molecule has 5 heteroatoms. The first kappa shape index (κ1) is 12.0. The van der Waals surface area contributed by atoms with E-state index in [2.05, 4.69) is 9.97 Å². The SMILES string of the molecule is CC(N)C1CCCCN1C(=O)c1cnccn1. The number of likely N-dealkylation sites (tertiary alicyclic amines) is 1. The van der Waals surface area contributed by atoms with Crippen molar-refractivity contribution in [1.29, 1.82) is 0 Å². The molecule has 0 saturated carbocycles. The van der Waals surface area contributed by atoms with Crippen molar-refractivity contribution >= 4 is 5.91 Å². The summed E-state index contributed by atoms with van der Waals surface area (Å²) in [4.78, 5) is 22.1. The summed E-state index contributed by atoms with van der Waals surface area (Å²) < 4.78 is 0. The molecule has 2 atom stereocenters. The maximum atomic E-state index is 12.3. The van der Waals surface area contributed by atoms with Crippen LogP contribution in [0.25, 0.3) is 0 Å². The van der Waals surface area contributed by atoms with E-state index < -0.39 is 0 Å². The quantitative estimate of drug-likeness (QED) is 0.822. The number of rotatable bonds is 2. The Morgan fingerprint density at radius 2 is 2.35 bits per heavy atom. The number of nitrogens with zero attached hydrogens (tertiary/aromatic N) is 3. The average molecular weight is 234 g/mol. The second-order valence-corrected chi connectivity index (χ2v) is 4.51. The first-order chi connectivity index (χ1) is 8.20. The number of nitrogens with two attached hydrogens (primary N) is 1. The van der Waals surface area contributed by atoms with E-state index in [0.717, 1.165) is 25.8 Å². The number of hydrogen-bond donors (Lipinski definition) is 1. The molecule has 1 aromatic heterocycles. The number of hydrogen-bond acceptors (Lipinski definition) is 4. The van der Waals surface area contributed by atoms with E-state index in [-0.39, 0.29) is 18.0 Å². The lowest BCUT2D eigenvalue weighted by molar-refractivity contribution is 0.0577. The summed E-state index contributed by atoms with van der Waals surface area (Å²) in [5, 5.41) is 0. The maximum Gasteiger partial charge on any atom is 0.274 e. The highest BCUT2D eigenvalue weighted by Crippen LogP contribution is 2.20. The summed E-state index contributed by atoms with van der Waals surface area (Å²) >= 11 is 0. The van der Waals surface area contributed by atoms with Crippen molar-refractivity contribution in [3.63, 3.8) is 0 Å². The lowest BCUT2D eigenvalue weighted by Crippen LogP contribution is -2.51. The van der Waals surface area contributed by atoms with Gasteiger partial charge < -0.3 is 10.6 Å². The molecule has 1 amide bonds. The maximum absolute atomic E-state index is 12.3. The molecule has 0 radical (unpaired) electrons. The standard InChI is InChI=1S/C12H18N4O/c1-9(13)11-4-2-3-7-16(11)12(17)10-8-14-5-6-15-10/h5-6,8-9,11H,2-4,7,13H2,1H3. The number of carbonyl (C=O) groups is 1. The number of amides is 1. The topological polar surface area (TPSA) is 72.1 Å². The van der Waals surface area contributed by atoms with E-state index in [0.29, 0.717) is 5.69 Å². The number of carbonyl (C=O) groups excluding carboxylic acids is 1. The molecule has 1 aliphatic rings. The lowest BCUT2D eigenvalue weighted by Gasteiger charge is -2.37. The van der Waals surface area contributed by atoms with Crippen molar-refractivity contribution in [3.8, 4) is 0 Å². The van der Waals surface area contributed by atoms with E-state index in [1.54, 1.807) is 6.20 Å². The highest BCUT2D eigenvalue weighted by molar-refractivity contribution is 5.92. The second kappa shape index (κ2) is 5.23. The molecule has 0 bridgehead atoms. The van der Waals surface area contributed by atoms with Gasteiger partial charge in [-0.25, -0.2) is 4.98 Å². The second-order valence-electron chi connectivity index (χ2n) is 4.51. The highest BCUT2D eigenvalue weighted by atomic mass is 16.2. The minimum absolute atomic E-state index is 0.00378. The van der Waals surface area contributed by atoms with Crippen molar-refractivity contribution in [1.82, 2.24) is 14.9 Å². The molecule has 2 rings (SSSR count). The van der Waals surface area contributed by atoms with Gasteiger partial charge in [0, 0.05) is 31.0 Å². The van der Waals surface area contributed by atoms with Gasteiger partial charge in [0.05, 0.1) is 6.20 Å². The third-order valence-electron chi connectivity index (χ3n) is 3.20. The van der Waals surface area contributed by atoms with Crippen LogP contribution in [0, 0.1) is 0 Å². The third-order valence-corrected chi connectivity index (χ3v) is 3.20. The average Bonchev–Trinajstić information content (AvgIpc) is 2.39. The minimum Gasteiger partial charge on any atom is -0.333 e. The molecule has 5 nitrogen and oxygen atoms in total. The largest absolute Gasteiger partial charge is 0.333 e. The molecule has 1 aliphatic heterocycles. The van der Waals surface area contributed by atoms with E-state index >= 15 is 0 Å². The van der Waals surface area contributed by atoms with Crippen LogP contribution in [-0.4, -0.2) is 39.4 Å². The van der Waals surface area contributed by atoms with Crippen LogP contribution >= 0.6 is 0 Å². The molecule has 2 unspecified atom stereocenters. The fourth-order valence-electron chi connectivity index (χ4n) is 2.31. The lowest BCUT2D eigenvalue weighted by atomic mass is 9.96. The Morgan fingerprint density at radius 3 is 3.00 bits per heavy atom. The van der Waals surface area contributed by atoms with Crippen LogP contribution in [0.2, 0.25) is 0 Å².